The highest BCUT2D eigenvalue weighted by atomic mass is 35.5. The molecule has 0 bridgehead atoms. The Bertz CT molecular complexity index is 1270. The second-order valence-electron chi connectivity index (χ2n) is 9.67. The molecule has 4 rings (SSSR count). The highest BCUT2D eigenvalue weighted by molar-refractivity contribution is 6.30. The van der Waals surface area contributed by atoms with Crippen molar-refractivity contribution in [1.29, 1.82) is 0 Å². The summed E-state index contributed by atoms with van der Waals surface area (Å²) in [5.74, 6) is -2.33. The van der Waals surface area contributed by atoms with E-state index in [1.165, 1.54) is 20.1 Å². The number of methoxy groups -OCH3 is 1. The van der Waals surface area contributed by atoms with Crippen LogP contribution in [0.2, 0.25) is 5.02 Å². The number of nitrogens with zero attached hydrogens (tertiary/aromatic N) is 1. The number of benzene rings is 2. The number of aliphatic hydroxyl groups excluding tert-OH is 1. The molecule has 2 aromatic carbocycles. The van der Waals surface area contributed by atoms with Gasteiger partial charge < -0.3 is 34.6 Å². The van der Waals surface area contributed by atoms with Gasteiger partial charge in [0.05, 0.1) is 18.4 Å². The van der Waals surface area contributed by atoms with Crippen LogP contribution < -0.4 is 14.8 Å². The lowest BCUT2D eigenvalue weighted by Crippen LogP contribution is -2.49. The Labute approximate surface area is 238 Å². The first kappa shape index (κ1) is 32.0. The summed E-state index contributed by atoms with van der Waals surface area (Å²) >= 11 is 6.12. The van der Waals surface area contributed by atoms with Gasteiger partial charge in [0.1, 0.15) is 29.8 Å². The third-order valence-corrected chi connectivity index (χ3v) is 6.72. The lowest BCUT2D eigenvalue weighted by Gasteiger charge is -2.39. The van der Waals surface area contributed by atoms with Crippen molar-refractivity contribution in [3.63, 3.8) is 0 Å². The zero-order valence-electron chi connectivity index (χ0n) is 22.3. The van der Waals surface area contributed by atoms with Crippen molar-refractivity contribution in [3.05, 3.63) is 52.5 Å². The van der Waals surface area contributed by atoms with Crippen LogP contribution in [-0.2, 0) is 20.7 Å². The predicted molar refractivity (Wildman–Crippen MR) is 141 cm³/mol. The van der Waals surface area contributed by atoms with Gasteiger partial charge in [0, 0.05) is 50.8 Å². The van der Waals surface area contributed by atoms with Crippen LogP contribution in [0.25, 0.3) is 0 Å². The van der Waals surface area contributed by atoms with Gasteiger partial charge in [0.25, 0.3) is 0 Å². The van der Waals surface area contributed by atoms with Crippen LogP contribution in [0.4, 0.5) is 18.9 Å². The molecule has 3 N–H and O–H groups in total. The third kappa shape index (κ3) is 8.97. The van der Waals surface area contributed by atoms with Crippen LogP contribution in [0.3, 0.4) is 0 Å². The first-order chi connectivity index (χ1) is 19.2. The van der Waals surface area contributed by atoms with Crippen LogP contribution in [0.5, 0.6) is 11.5 Å². The molecule has 2 aromatic rings. The van der Waals surface area contributed by atoms with Gasteiger partial charge in [-0.1, -0.05) is 11.6 Å². The molecule has 0 radical (unpaired) electrons. The molecule has 0 unspecified atom stereocenters. The summed E-state index contributed by atoms with van der Waals surface area (Å²) < 4.78 is 48.6. The number of esters is 1. The number of carbonyl (C=O) groups excluding carboxylic acids is 2. The number of piperidine rings is 1. The molecule has 0 aromatic heterocycles. The number of fused-ring (bicyclic) bond motifs is 1. The molecule has 10 nitrogen and oxygen atoms in total. The molecular weight excluding hydrogens is 573 g/mol. The van der Waals surface area contributed by atoms with E-state index < -0.39 is 24.2 Å². The number of alkyl halides is 3. The quantitative estimate of drug-likeness (QED) is 0.403. The highest BCUT2D eigenvalue weighted by Crippen LogP contribution is 2.42. The van der Waals surface area contributed by atoms with E-state index in [1.54, 1.807) is 12.1 Å². The lowest BCUT2D eigenvalue weighted by molar-refractivity contribution is -0.192. The number of halogens is 4. The van der Waals surface area contributed by atoms with Crippen LogP contribution in [0.15, 0.2) is 36.4 Å². The van der Waals surface area contributed by atoms with Gasteiger partial charge in [-0.3, -0.25) is 4.79 Å². The van der Waals surface area contributed by atoms with Crippen LogP contribution in [0.1, 0.15) is 35.7 Å². The molecule has 2 heterocycles. The smallest absolute Gasteiger partial charge is 0.489 e. The molecular formula is C27H30ClF3N2O8. The molecule has 1 fully saturated rings. The number of β-amino-alcohol motifs (C(OH)–C–C–N with tert-alkyl or cyclic N) is 1. The van der Waals surface area contributed by atoms with Crippen LogP contribution in [-0.4, -0.2) is 84.2 Å². The summed E-state index contributed by atoms with van der Waals surface area (Å²) in [5.41, 5.74) is 1.66. The molecule has 1 amide bonds. The lowest BCUT2D eigenvalue weighted by atomic mass is 9.87. The Morgan fingerprint density at radius 1 is 1.17 bits per heavy atom. The van der Waals surface area contributed by atoms with Crippen molar-refractivity contribution in [2.24, 2.45) is 0 Å². The number of anilines is 1. The maximum Gasteiger partial charge on any atom is 0.490 e. The molecule has 41 heavy (non-hydrogen) atoms. The van der Waals surface area contributed by atoms with Gasteiger partial charge in [0.15, 0.2) is 0 Å². The molecule has 1 spiro atoms. The standard InChI is InChI=1S/C25H29ClN2O6.C2HF3O2/c1-16(29)27-21-5-3-17(24(31)32-2)12-23(21)33-15-20(30)14-28-9-7-25(8-10-28)13-18-11-19(26)4-6-22(18)34-25;3-2(4,5)1(6)7/h3-6,11-12,20,30H,7-10,13-15H2,1-2H3,(H,27,29);(H,6,7)/t20-;/m0./s1. The normalized spacial score (nSPS) is 16.5. The Balaban J connectivity index is 0.000000587. The SMILES string of the molecule is COC(=O)c1ccc(NC(C)=O)c(OC[C@@H](O)CN2CCC3(CC2)Cc2cc(Cl)ccc2O3)c1.O=C(O)C(F)(F)F. The van der Waals surface area contributed by atoms with E-state index in [-0.39, 0.29) is 18.1 Å². The Morgan fingerprint density at radius 3 is 2.41 bits per heavy atom. The fourth-order valence-corrected chi connectivity index (χ4v) is 4.74. The molecule has 0 saturated carbocycles. The fourth-order valence-electron chi connectivity index (χ4n) is 4.54. The van der Waals surface area contributed by atoms with Crippen molar-refractivity contribution in [3.8, 4) is 11.5 Å². The first-order valence-electron chi connectivity index (χ1n) is 12.5. The number of aliphatic hydroxyl groups is 1. The maximum absolute atomic E-state index is 11.9. The number of carboxylic acids is 1. The number of hydrogen-bond acceptors (Lipinski definition) is 8. The van der Waals surface area contributed by atoms with Crippen LogP contribution >= 0.6 is 11.6 Å². The first-order valence-corrected chi connectivity index (χ1v) is 12.9. The van der Waals surface area contributed by atoms with E-state index in [2.05, 4.69) is 10.2 Å². The highest BCUT2D eigenvalue weighted by Gasteiger charge is 2.42. The molecule has 224 valence electrons. The van der Waals surface area contributed by atoms with E-state index in [4.69, 9.17) is 35.7 Å². The molecule has 1 saturated heterocycles. The zero-order chi connectivity index (χ0) is 30.4. The molecule has 1 atom stereocenters. The fraction of sp³-hybridized carbons (Fsp3) is 0.444. The maximum atomic E-state index is 11.9. The van der Waals surface area contributed by atoms with Gasteiger partial charge in [-0.15, -0.1) is 0 Å². The summed E-state index contributed by atoms with van der Waals surface area (Å²) in [6, 6.07) is 10.4. The Kier molecular flexibility index (Phi) is 10.5. The summed E-state index contributed by atoms with van der Waals surface area (Å²) in [5, 5.41) is 21.1. The molecule has 0 aliphatic carbocycles. The number of hydrogen-bond donors (Lipinski definition) is 3. The average Bonchev–Trinajstić information content (AvgIpc) is 3.25. The van der Waals surface area contributed by atoms with E-state index in [0.29, 0.717) is 23.5 Å². The monoisotopic (exact) mass is 602 g/mol. The van der Waals surface area contributed by atoms with E-state index in [9.17, 15) is 27.9 Å². The van der Waals surface area contributed by atoms with Crippen molar-refractivity contribution >= 4 is 35.1 Å². The topological polar surface area (TPSA) is 135 Å². The number of carboxylic acid groups (broad SMARTS) is 1. The molecule has 2 aliphatic rings. The van der Waals surface area contributed by atoms with Crippen molar-refractivity contribution in [1.82, 2.24) is 4.90 Å². The minimum atomic E-state index is -5.08. The van der Waals surface area contributed by atoms with Gasteiger partial charge in [-0.2, -0.15) is 13.2 Å². The number of ether oxygens (including phenoxy) is 3. The van der Waals surface area contributed by atoms with Crippen molar-refractivity contribution in [2.45, 2.75) is 44.1 Å². The van der Waals surface area contributed by atoms with E-state index in [0.717, 1.165) is 48.7 Å². The number of aliphatic carboxylic acids is 1. The number of likely N-dealkylation sites (tertiary alicyclic amines) is 1. The Morgan fingerprint density at radius 2 is 1.83 bits per heavy atom. The third-order valence-electron chi connectivity index (χ3n) is 6.48. The van der Waals surface area contributed by atoms with Gasteiger partial charge in [-0.25, -0.2) is 9.59 Å². The second kappa shape index (κ2) is 13.4. The van der Waals surface area contributed by atoms with Gasteiger partial charge in [-0.05, 0) is 42.0 Å². The summed E-state index contributed by atoms with van der Waals surface area (Å²) in [6.45, 7) is 3.44. The predicted octanol–water partition coefficient (Wildman–Crippen LogP) is 3.93. The summed E-state index contributed by atoms with van der Waals surface area (Å²) in [7, 11) is 1.29. The van der Waals surface area contributed by atoms with Gasteiger partial charge in [0.2, 0.25) is 5.91 Å². The number of carbonyl (C=O) groups is 3. The average molecular weight is 603 g/mol. The molecule has 14 heteroatoms. The molecule has 2 aliphatic heterocycles. The number of amides is 1. The van der Waals surface area contributed by atoms with Crippen molar-refractivity contribution < 1.29 is 52.0 Å². The number of nitrogens with one attached hydrogen (secondary N) is 1. The van der Waals surface area contributed by atoms with E-state index >= 15 is 0 Å². The zero-order valence-corrected chi connectivity index (χ0v) is 23.1. The summed E-state index contributed by atoms with van der Waals surface area (Å²) in [4.78, 5) is 34.5. The largest absolute Gasteiger partial charge is 0.490 e. The van der Waals surface area contributed by atoms with Crippen molar-refractivity contribution in [2.75, 3.05) is 38.7 Å². The second-order valence-corrected chi connectivity index (χ2v) is 10.1. The van der Waals surface area contributed by atoms with Crippen LogP contribution in [0, 0.1) is 0 Å². The van der Waals surface area contributed by atoms with Gasteiger partial charge >= 0.3 is 18.1 Å². The Hall–Kier alpha value is -3.55. The van der Waals surface area contributed by atoms with E-state index in [1.807, 2.05) is 18.2 Å². The summed E-state index contributed by atoms with van der Waals surface area (Å²) in [6.07, 6.45) is -3.26. The minimum absolute atomic E-state index is 0.0132. The minimum Gasteiger partial charge on any atom is -0.489 e. The number of rotatable bonds is 7.